The highest BCUT2D eigenvalue weighted by Gasteiger charge is 2.55. The van der Waals surface area contributed by atoms with E-state index in [-0.39, 0.29) is 24.7 Å². The van der Waals surface area contributed by atoms with Crippen LogP contribution >= 0.6 is 11.6 Å². The maximum Gasteiger partial charge on any atom is 0.271 e. The maximum atomic E-state index is 12.6. The van der Waals surface area contributed by atoms with Gasteiger partial charge >= 0.3 is 0 Å². The zero-order valence-corrected chi connectivity index (χ0v) is 18.9. The molecule has 3 fully saturated rings. The van der Waals surface area contributed by atoms with Crippen LogP contribution in [0.2, 0.25) is 5.02 Å². The summed E-state index contributed by atoms with van der Waals surface area (Å²) in [6.07, 6.45) is 6.53. The summed E-state index contributed by atoms with van der Waals surface area (Å²) in [5.41, 5.74) is 0.751. The Morgan fingerprint density at radius 3 is 2.58 bits per heavy atom. The average Bonchev–Trinajstić information content (AvgIpc) is 3.30. The van der Waals surface area contributed by atoms with Gasteiger partial charge in [-0.15, -0.1) is 0 Å². The molecule has 1 unspecified atom stereocenters. The first-order valence-electron chi connectivity index (χ1n) is 11.4. The second-order valence-electron chi connectivity index (χ2n) is 9.16. The Hall–Kier alpha value is -2.89. The number of aliphatic hydroxyl groups excluding tert-OH is 1. The lowest BCUT2D eigenvalue weighted by Gasteiger charge is -2.29. The molecule has 2 N–H and O–H groups in total. The minimum Gasteiger partial charge on any atom is -0.490 e. The van der Waals surface area contributed by atoms with Crippen molar-refractivity contribution in [3.8, 4) is 11.8 Å². The Kier molecular flexibility index (Phi) is 6.09. The number of ether oxygens (including phenoxy) is 1. The van der Waals surface area contributed by atoms with Crippen LogP contribution in [-0.4, -0.2) is 52.8 Å². The van der Waals surface area contributed by atoms with Crippen molar-refractivity contribution < 1.29 is 14.6 Å². The molecule has 172 valence electrons. The number of amides is 1. The van der Waals surface area contributed by atoms with Gasteiger partial charge in [0.2, 0.25) is 0 Å². The molecule has 9 heteroatoms. The van der Waals surface area contributed by atoms with E-state index < -0.39 is 0 Å². The van der Waals surface area contributed by atoms with Gasteiger partial charge in [0.15, 0.2) is 0 Å². The van der Waals surface area contributed by atoms with Crippen LogP contribution in [0, 0.1) is 29.1 Å². The molecule has 0 spiro atoms. The topological polar surface area (TPSA) is 111 Å². The van der Waals surface area contributed by atoms with Gasteiger partial charge in [-0.2, -0.15) is 5.26 Å². The van der Waals surface area contributed by atoms with Gasteiger partial charge in [-0.1, -0.05) is 11.6 Å². The third kappa shape index (κ3) is 4.61. The molecule has 1 amide bonds. The Balaban J connectivity index is 1.08. The summed E-state index contributed by atoms with van der Waals surface area (Å²) in [6, 6.07) is 7.21. The summed E-state index contributed by atoms with van der Waals surface area (Å²) in [4.78, 5) is 23.6. The zero-order chi connectivity index (χ0) is 22.9. The van der Waals surface area contributed by atoms with Crippen LogP contribution in [0.4, 0.5) is 5.82 Å². The molecule has 1 aromatic carbocycles. The van der Waals surface area contributed by atoms with E-state index in [4.69, 9.17) is 21.6 Å². The van der Waals surface area contributed by atoms with Gasteiger partial charge in [-0.3, -0.25) is 4.79 Å². The first kappa shape index (κ1) is 21.9. The third-order valence-electron chi connectivity index (χ3n) is 7.15. The van der Waals surface area contributed by atoms with Crippen LogP contribution in [0.1, 0.15) is 41.7 Å². The van der Waals surface area contributed by atoms with Crippen molar-refractivity contribution in [3.63, 3.8) is 0 Å². The predicted octanol–water partition coefficient (Wildman–Crippen LogP) is 2.80. The molecule has 8 nitrogen and oxygen atoms in total. The minimum absolute atomic E-state index is 0.0540. The lowest BCUT2D eigenvalue weighted by atomic mass is 9.93. The van der Waals surface area contributed by atoms with Crippen molar-refractivity contribution in [2.24, 2.45) is 17.8 Å². The van der Waals surface area contributed by atoms with Crippen LogP contribution in [0.3, 0.4) is 0 Å². The van der Waals surface area contributed by atoms with E-state index in [0.29, 0.717) is 39.8 Å². The van der Waals surface area contributed by atoms with Gasteiger partial charge < -0.3 is 20.1 Å². The number of hydrogen-bond donors (Lipinski definition) is 2. The van der Waals surface area contributed by atoms with Gasteiger partial charge in [-0.05, 0) is 55.6 Å². The molecular formula is C24H26ClN5O3. The summed E-state index contributed by atoms with van der Waals surface area (Å²) in [6.45, 7) is 2.07. The number of halogens is 1. The highest BCUT2D eigenvalue weighted by atomic mass is 35.5. The molecule has 5 rings (SSSR count). The average molecular weight is 468 g/mol. The fourth-order valence-corrected chi connectivity index (χ4v) is 5.36. The molecule has 1 saturated heterocycles. The van der Waals surface area contributed by atoms with E-state index >= 15 is 0 Å². The molecular weight excluding hydrogens is 442 g/mol. The van der Waals surface area contributed by atoms with E-state index in [1.165, 1.54) is 0 Å². The Morgan fingerprint density at radius 1 is 1.21 bits per heavy atom. The second kappa shape index (κ2) is 9.16. The van der Waals surface area contributed by atoms with Crippen molar-refractivity contribution in [1.29, 1.82) is 5.26 Å². The number of aromatic nitrogens is 2. The van der Waals surface area contributed by atoms with Crippen molar-refractivity contribution in [1.82, 2.24) is 15.3 Å². The number of rotatable bonds is 6. The van der Waals surface area contributed by atoms with Crippen molar-refractivity contribution >= 4 is 23.3 Å². The van der Waals surface area contributed by atoms with Crippen LogP contribution < -0.4 is 15.0 Å². The molecule has 0 bridgehead atoms. The van der Waals surface area contributed by atoms with E-state index in [0.717, 1.165) is 44.6 Å². The summed E-state index contributed by atoms with van der Waals surface area (Å²) >= 11 is 6.08. The summed E-state index contributed by atoms with van der Waals surface area (Å²) < 4.78 is 6.01. The fraction of sp³-hybridized carbons (Fsp3) is 0.500. The SMILES string of the molecule is N#Cc1ccc(OC2CCC(NC(=O)c3cnc(N4C[C@@H]5C(CO)[C@@H]5C4)cn3)CC2)cc1Cl. The van der Waals surface area contributed by atoms with E-state index in [1.807, 2.05) is 6.07 Å². The molecule has 2 aromatic rings. The van der Waals surface area contributed by atoms with Crippen molar-refractivity contribution in [2.45, 2.75) is 37.8 Å². The maximum absolute atomic E-state index is 12.6. The molecule has 33 heavy (non-hydrogen) atoms. The normalized spacial score (nSPS) is 28.0. The Bertz CT molecular complexity index is 1050. The largest absolute Gasteiger partial charge is 0.490 e. The molecule has 3 atom stereocenters. The molecule has 2 aliphatic carbocycles. The Morgan fingerprint density at radius 2 is 1.97 bits per heavy atom. The smallest absolute Gasteiger partial charge is 0.271 e. The van der Waals surface area contributed by atoms with Gasteiger partial charge in [0.05, 0.1) is 29.1 Å². The number of anilines is 1. The van der Waals surface area contributed by atoms with Gasteiger partial charge in [0.25, 0.3) is 5.91 Å². The molecule has 1 aromatic heterocycles. The number of nitrogens with one attached hydrogen (secondary N) is 1. The Labute approximate surface area is 197 Å². The van der Waals surface area contributed by atoms with E-state index in [1.54, 1.807) is 30.6 Å². The first-order valence-corrected chi connectivity index (χ1v) is 11.8. The van der Waals surface area contributed by atoms with Crippen LogP contribution in [0.15, 0.2) is 30.6 Å². The monoisotopic (exact) mass is 467 g/mol. The number of aliphatic hydroxyl groups is 1. The summed E-state index contributed by atoms with van der Waals surface area (Å²) in [5, 5.41) is 21.7. The number of piperidine rings is 1. The van der Waals surface area contributed by atoms with Crippen molar-refractivity contribution in [2.75, 3.05) is 24.6 Å². The first-order chi connectivity index (χ1) is 16.1. The van der Waals surface area contributed by atoms with Crippen LogP contribution in [-0.2, 0) is 0 Å². The fourth-order valence-electron chi connectivity index (χ4n) is 5.15. The number of benzene rings is 1. The second-order valence-corrected chi connectivity index (χ2v) is 9.56. The summed E-state index contributed by atoms with van der Waals surface area (Å²) in [7, 11) is 0. The number of carbonyl (C=O) groups excluding carboxylic acids is 1. The van der Waals surface area contributed by atoms with E-state index in [9.17, 15) is 9.90 Å². The molecule has 2 saturated carbocycles. The quantitative estimate of drug-likeness (QED) is 0.671. The summed E-state index contributed by atoms with van der Waals surface area (Å²) in [5.74, 6) is 2.81. The lowest BCUT2D eigenvalue weighted by Crippen LogP contribution is -2.40. The van der Waals surface area contributed by atoms with E-state index in [2.05, 4.69) is 20.2 Å². The van der Waals surface area contributed by atoms with Gasteiger partial charge in [0.1, 0.15) is 23.3 Å². The molecule has 2 heterocycles. The third-order valence-corrected chi connectivity index (χ3v) is 7.46. The number of nitrogens with zero attached hydrogens (tertiary/aromatic N) is 4. The van der Waals surface area contributed by atoms with Crippen LogP contribution in [0.5, 0.6) is 5.75 Å². The molecule has 0 radical (unpaired) electrons. The van der Waals surface area contributed by atoms with Crippen molar-refractivity contribution in [3.05, 3.63) is 46.9 Å². The number of nitriles is 1. The molecule has 1 aliphatic heterocycles. The predicted molar refractivity (Wildman–Crippen MR) is 122 cm³/mol. The zero-order valence-electron chi connectivity index (χ0n) is 18.2. The van der Waals surface area contributed by atoms with Gasteiger partial charge in [0, 0.05) is 31.8 Å². The lowest BCUT2D eigenvalue weighted by molar-refractivity contribution is 0.0888. The molecule has 3 aliphatic rings. The number of hydrogen-bond acceptors (Lipinski definition) is 7. The number of carbonyl (C=O) groups is 1. The standard InChI is InChI=1S/C24H26ClN5O3/c25-21-7-17(4-1-14(21)8-26)33-16-5-2-15(3-6-16)29-24(32)22-9-28-23(10-27-22)30-11-18-19(12-30)20(18)13-31/h1,4,7,9-10,15-16,18-20,31H,2-3,5-6,11-13H2,(H,29,32)/t15?,16?,18-,19+,20?. The van der Waals surface area contributed by atoms with Crippen LogP contribution in [0.25, 0.3) is 0 Å². The highest BCUT2D eigenvalue weighted by molar-refractivity contribution is 6.31. The highest BCUT2D eigenvalue weighted by Crippen LogP contribution is 2.51. The van der Waals surface area contributed by atoms with Gasteiger partial charge in [-0.25, -0.2) is 9.97 Å². The minimum atomic E-state index is -0.207. The number of fused-ring (bicyclic) bond motifs is 1.